The van der Waals surface area contributed by atoms with Crippen molar-refractivity contribution >= 4 is 22.7 Å². The van der Waals surface area contributed by atoms with Crippen LogP contribution >= 0.6 is 0 Å². The monoisotopic (exact) mass is 315 g/mol. The van der Waals surface area contributed by atoms with E-state index >= 15 is 0 Å². The minimum Gasteiger partial charge on any atom is -0.277 e. The first kappa shape index (κ1) is 15.4. The van der Waals surface area contributed by atoms with Crippen LogP contribution in [0, 0.1) is 19.4 Å². The lowest BCUT2D eigenvalue weighted by Gasteiger charge is -2.18. The number of nitrogens with one attached hydrogen (secondary N) is 2. The van der Waals surface area contributed by atoms with Gasteiger partial charge in [0.1, 0.15) is 5.69 Å². The number of terminal acetylenes is 1. The molecule has 2 N–H and O–H groups in total. The lowest BCUT2D eigenvalue weighted by atomic mass is 10.0. The summed E-state index contributed by atoms with van der Waals surface area (Å²) in [4.78, 5) is 4.32. The van der Waals surface area contributed by atoms with E-state index in [2.05, 4.69) is 39.8 Å². The van der Waals surface area contributed by atoms with E-state index in [0.29, 0.717) is 0 Å². The highest BCUT2D eigenvalue weighted by atomic mass is 15.5. The SMILES string of the molecule is C#CNN(C=C)c1ccc2[nH]nc(-c3ccnc(C)c3C=C)c2c1. The summed E-state index contributed by atoms with van der Waals surface area (Å²) in [5.41, 5.74) is 8.29. The fourth-order valence-electron chi connectivity index (χ4n) is 2.68. The van der Waals surface area contributed by atoms with Crippen molar-refractivity contribution in [1.29, 1.82) is 0 Å². The van der Waals surface area contributed by atoms with Gasteiger partial charge in [-0.05, 0) is 31.2 Å². The van der Waals surface area contributed by atoms with Gasteiger partial charge in [-0.25, -0.2) is 0 Å². The van der Waals surface area contributed by atoms with Crippen molar-refractivity contribution < 1.29 is 0 Å². The summed E-state index contributed by atoms with van der Waals surface area (Å²) in [5, 5.41) is 10.2. The van der Waals surface area contributed by atoms with Gasteiger partial charge in [0.05, 0.1) is 11.2 Å². The van der Waals surface area contributed by atoms with Gasteiger partial charge in [0.25, 0.3) is 0 Å². The van der Waals surface area contributed by atoms with E-state index in [-0.39, 0.29) is 0 Å². The van der Waals surface area contributed by atoms with E-state index in [1.54, 1.807) is 23.5 Å². The normalized spacial score (nSPS) is 10.2. The molecule has 3 rings (SSSR count). The molecule has 2 heterocycles. The number of aromatic nitrogens is 3. The molecule has 24 heavy (non-hydrogen) atoms. The van der Waals surface area contributed by atoms with Gasteiger partial charge in [-0.1, -0.05) is 25.7 Å². The van der Waals surface area contributed by atoms with Crippen molar-refractivity contribution in [2.75, 3.05) is 5.01 Å². The standard InChI is InChI=1S/C19H17N5/c1-5-15-13(4)20-11-10-16(15)19-17-12-14(24(7-3)21-6-2)8-9-18(17)22-23-19/h2,5,7-12,21H,1,3H2,4H3,(H,22,23). The number of nitrogens with zero attached hydrogens (tertiary/aromatic N) is 3. The summed E-state index contributed by atoms with van der Waals surface area (Å²) in [6.45, 7) is 9.62. The predicted molar refractivity (Wildman–Crippen MR) is 98.8 cm³/mol. The second kappa shape index (κ2) is 6.31. The Bertz CT molecular complexity index is 962. The highest BCUT2D eigenvalue weighted by Crippen LogP contribution is 2.32. The number of pyridine rings is 1. The van der Waals surface area contributed by atoms with E-state index in [9.17, 15) is 0 Å². The average molecular weight is 315 g/mol. The van der Waals surface area contributed by atoms with Crippen molar-refractivity contribution in [2.24, 2.45) is 0 Å². The predicted octanol–water partition coefficient (Wildman–Crippen LogP) is 3.62. The summed E-state index contributed by atoms with van der Waals surface area (Å²) < 4.78 is 0. The molecule has 0 spiro atoms. The Hall–Kier alpha value is -3.52. The van der Waals surface area contributed by atoms with Gasteiger partial charge in [0, 0.05) is 40.6 Å². The van der Waals surface area contributed by atoms with Crippen LogP contribution in [0.4, 0.5) is 5.69 Å². The first-order valence-electron chi connectivity index (χ1n) is 7.39. The number of aromatic amines is 1. The molecule has 3 aromatic rings. The minimum absolute atomic E-state index is 0.844. The van der Waals surface area contributed by atoms with Crippen LogP contribution in [-0.2, 0) is 0 Å². The third-order valence-electron chi connectivity index (χ3n) is 3.84. The fraction of sp³-hybridized carbons (Fsp3) is 0.0526. The molecule has 0 unspecified atom stereocenters. The Labute approximate surface area is 140 Å². The molecule has 5 heteroatoms. The molecule has 0 bridgehead atoms. The maximum absolute atomic E-state index is 5.32. The number of hydrogen-bond donors (Lipinski definition) is 2. The number of fused-ring (bicyclic) bond motifs is 1. The molecule has 0 fully saturated rings. The van der Waals surface area contributed by atoms with Gasteiger partial charge < -0.3 is 0 Å². The van der Waals surface area contributed by atoms with Crippen LogP contribution < -0.4 is 10.4 Å². The Morgan fingerprint density at radius 1 is 1.33 bits per heavy atom. The molecule has 0 aliphatic rings. The molecule has 0 saturated carbocycles. The molecule has 0 atom stereocenters. The third kappa shape index (κ3) is 2.50. The van der Waals surface area contributed by atoms with Gasteiger partial charge in [-0.15, -0.1) is 0 Å². The number of benzene rings is 1. The molecule has 118 valence electrons. The van der Waals surface area contributed by atoms with Crippen LogP contribution in [0.3, 0.4) is 0 Å². The first-order chi connectivity index (χ1) is 11.7. The summed E-state index contributed by atoms with van der Waals surface area (Å²) in [6.07, 6.45) is 10.5. The molecule has 0 saturated heterocycles. The van der Waals surface area contributed by atoms with E-state index in [1.807, 2.05) is 31.2 Å². The van der Waals surface area contributed by atoms with Gasteiger partial charge in [0.15, 0.2) is 0 Å². The van der Waals surface area contributed by atoms with Crippen molar-refractivity contribution in [1.82, 2.24) is 20.6 Å². The highest BCUT2D eigenvalue weighted by Gasteiger charge is 2.14. The van der Waals surface area contributed by atoms with E-state index in [1.165, 1.54) is 0 Å². The molecule has 0 aliphatic carbocycles. The highest BCUT2D eigenvalue weighted by molar-refractivity contribution is 5.97. The van der Waals surface area contributed by atoms with Crippen LogP contribution in [0.2, 0.25) is 0 Å². The Morgan fingerprint density at radius 2 is 2.17 bits per heavy atom. The maximum Gasteiger partial charge on any atom is 0.101 e. The minimum atomic E-state index is 0.844. The molecular formula is C19H17N5. The smallest absolute Gasteiger partial charge is 0.101 e. The van der Waals surface area contributed by atoms with Crippen LogP contribution in [0.25, 0.3) is 28.2 Å². The van der Waals surface area contributed by atoms with Gasteiger partial charge >= 0.3 is 0 Å². The molecule has 1 aromatic carbocycles. The largest absolute Gasteiger partial charge is 0.277 e. The number of aryl methyl sites for hydroxylation is 1. The lowest BCUT2D eigenvalue weighted by molar-refractivity contribution is 0.913. The molecule has 5 nitrogen and oxygen atoms in total. The average Bonchev–Trinajstić information content (AvgIpc) is 3.02. The van der Waals surface area contributed by atoms with Gasteiger partial charge in [-0.3, -0.25) is 20.5 Å². The van der Waals surface area contributed by atoms with Crippen LogP contribution in [0.5, 0.6) is 0 Å². The zero-order chi connectivity index (χ0) is 17.1. The second-order valence-corrected chi connectivity index (χ2v) is 5.17. The molecular weight excluding hydrogens is 298 g/mol. The summed E-state index contributed by atoms with van der Waals surface area (Å²) in [6, 6.07) is 10.2. The molecule has 0 aliphatic heterocycles. The van der Waals surface area contributed by atoms with Gasteiger partial charge in [0.2, 0.25) is 0 Å². The number of anilines is 1. The van der Waals surface area contributed by atoms with E-state index < -0.39 is 0 Å². The number of hydrogen-bond acceptors (Lipinski definition) is 4. The zero-order valence-electron chi connectivity index (χ0n) is 13.4. The van der Waals surface area contributed by atoms with E-state index in [0.717, 1.165) is 39.1 Å². The molecule has 2 aromatic heterocycles. The van der Waals surface area contributed by atoms with E-state index in [4.69, 9.17) is 6.42 Å². The Morgan fingerprint density at radius 3 is 2.88 bits per heavy atom. The van der Waals surface area contributed by atoms with Crippen molar-refractivity contribution in [3.63, 3.8) is 0 Å². The number of hydrazine groups is 1. The lowest BCUT2D eigenvalue weighted by Crippen LogP contribution is -2.28. The maximum atomic E-state index is 5.32. The Balaban J connectivity index is 2.20. The van der Waals surface area contributed by atoms with Crippen LogP contribution in [0.15, 0.2) is 49.8 Å². The summed E-state index contributed by atoms with van der Waals surface area (Å²) >= 11 is 0. The fourth-order valence-corrected chi connectivity index (χ4v) is 2.68. The quantitative estimate of drug-likeness (QED) is 0.429. The van der Waals surface area contributed by atoms with Crippen molar-refractivity contribution in [2.45, 2.75) is 6.92 Å². The number of rotatable bonds is 5. The van der Waals surface area contributed by atoms with Crippen molar-refractivity contribution in [3.8, 4) is 23.7 Å². The molecule has 0 radical (unpaired) electrons. The first-order valence-corrected chi connectivity index (χ1v) is 7.39. The van der Waals surface area contributed by atoms with Crippen LogP contribution in [0.1, 0.15) is 11.3 Å². The summed E-state index contributed by atoms with van der Waals surface area (Å²) in [5.74, 6) is 0. The van der Waals surface area contributed by atoms with Gasteiger partial charge in [-0.2, -0.15) is 5.10 Å². The summed E-state index contributed by atoms with van der Waals surface area (Å²) in [7, 11) is 0. The van der Waals surface area contributed by atoms with Crippen LogP contribution in [-0.4, -0.2) is 15.2 Å². The third-order valence-corrected chi connectivity index (χ3v) is 3.84. The zero-order valence-corrected chi connectivity index (χ0v) is 13.4. The molecule has 0 amide bonds. The topological polar surface area (TPSA) is 56.8 Å². The second-order valence-electron chi connectivity index (χ2n) is 5.17. The Kier molecular flexibility index (Phi) is 4.04. The number of H-pyrrole nitrogens is 1. The van der Waals surface area contributed by atoms with Crippen molar-refractivity contribution in [3.05, 3.63) is 61.1 Å².